The van der Waals surface area contributed by atoms with Crippen molar-refractivity contribution in [3.63, 3.8) is 0 Å². The number of ether oxygens (including phenoxy) is 2. The largest absolute Gasteiger partial charge is 0.465 e. The highest BCUT2D eigenvalue weighted by Gasteiger charge is 2.35. The van der Waals surface area contributed by atoms with Crippen LogP contribution in [0.3, 0.4) is 0 Å². The predicted molar refractivity (Wildman–Crippen MR) is 80.0 cm³/mol. The van der Waals surface area contributed by atoms with E-state index in [1.54, 1.807) is 34.6 Å². The van der Waals surface area contributed by atoms with E-state index in [1.807, 2.05) is 0 Å². The lowest BCUT2D eigenvalue weighted by atomic mass is 10.2. The highest BCUT2D eigenvalue weighted by atomic mass is 16.6. The molecule has 0 aromatic heterocycles. The third-order valence-corrected chi connectivity index (χ3v) is 3.24. The van der Waals surface area contributed by atoms with Crippen molar-refractivity contribution in [2.45, 2.75) is 59.2 Å². The normalized spacial score (nSPS) is 19.7. The van der Waals surface area contributed by atoms with E-state index in [4.69, 9.17) is 9.47 Å². The molecule has 1 fully saturated rings. The van der Waals surface area contributed by atoms with Gasteiger partial charge in [-0.3, -0.25) is 14.5 Å². The van der Waals surface area contributed by atoms with Crippen molar-refractivity contribution in [2.24, 2.45) is 0 Å². The minimum Gasteiger partial charge on any atom is -0.465 e. The first kappa shape index (κ1) is 18.3. The Morgan fingerprint density at radius 2 is 1.95 bits per heavy atom. The molecule has 0 N–H and O–H groups in total. The van der Waals surface area contributed by atoms with Gasteiger partial charge in [-0.05, 0) is 41.0 Å². The number of amides is 2. The van der Waals surface area contributed by atoms with E-state index in [1.165, 1.54) is 9.80 Å². The maximum atomic E-state index is 12.3. The lowest BCUT2D eigenvalue weighted by Crippen LogP contribution is -2.52. The number of esters is 1. The third kappa shape index (κ3) is 5.20. The zero-order chi connectivity index (χ0) is 16.9. The average molecular weight is 314 g/mol. The lowest BCUT2D eigenvalue weighted by Gasteiger charge is -2.35. The maximum Gasteiger partial charge on any atom is 0.411 e. The van der Waals surface area contributed by atoms with E-state index >= 15 is 0 Å². The Kier molecular flexibility index (Phi) is 6.20. The molecule has 0 spiro atoms. The van der Waals surface area contributed by atoms with Gasteiger partial charge in [0.05, 0.1) is 6.61 Å². The van der Waals surface area contributed by atoms with Gasteiger partial charge in [0.15, 0.2) is 0 Å². The van der Waals surface area contributed by atoms with Crippen LogP contribution in [0.4, 0.5) is 4.79 Å². The standard InChI is InChI=1S/C15H26N2O5/c1-6-21-13(19)10-17-11(2)16(9-7-8-12(17)18)14(20)22-15(3,4)5/h11H,6-10H2,1-5H3. The van der Waals surface area contributed by atoms with Crippen LogP contribution >= 0.6 is 0 Å². The van der Waals surface area contributed by atoms with Crippen LogP contribution in [0.25, 0.3) is 0 Å². The highest BCUT2D eigenvalue weighted by Crippen LogP contribution is 2.19. The van der Waals surface area contributed by atoms with Crippen LogP contribution in [0.5, 0.6) is 0 Å². The number of nitrogens with zero attached hydrogens (tertiary/aromatic N) is 2. The van der Waals surface area contributed by atoms with Crippen LogP contribution in [0.2, 0.25) is 0 Å². The molecular weight excluding hydrogens is 288 g/mol. The summed E-state index contributed by atoms with van der Waals surface area (Å²) in [6, 6.07) is 0. The van der Waals surface area contributed by atoms with Gasteiger partial charge in [-0.15, -0.1) is 0 Å². The second-order valence-corrected chi connectivity index (χ2v) is 6.24. The van der Waals surface area contributed by atoms with Crippen molar-refractivity contribution in [3.8, 4) is 0 Å². The molecule has 0 aromatic rings. The lowest BCUT2D eigenvalue weighted by molar-refractivity contribution is -0.151. The van der Waals surface area contributed by atoms with E-state index < -0.39 is 23.8 Å². The summed E-state index contributed by atoms with van der Waals surface area (Å²) < 4.78 is 10.3. The summed E-state index contributed by atoms with van der Waals surface area (Å²) in [5.41, 5.74) is -0.612. The molecule has 1 saturated heterocycles. The summed E-state index contributed by atoms with van der Waals surface area (Å²) >= 11 is 0. The van der Waals surface area contributed by atoms with Crippen LogP contribution in [0.15, 0.2) is 0 Å². The van der Waals surface area contributed by atoms with Gasteiger partial charge in [0, 0.05) is 13.0 Å². The smallest absolute Gasteiger partial charge is 0.411 e. The molecule has 1 aliphatic heterocycles. The first-order chi connectivity index (χ1) is 10.2. The number of rotatable bonds is 3. The molecule has 0 bridgehead atoms. The molecule has 0 radical (unpaired) electrons. The molecule has 1 unspecified atom stereocenters. The van der Waals surface area contributed by atoms with Crippen molar-refractivity contribution in [1.29, 1.82) is 0 Å². The van der Waals surface area contributed by atoms with Crippen LogP contribution in [-0.4, -0.2) is 59.2 Å². The molecule has 7 nitrogen and oxygen atoms in total. The van der Waals surface area contributed by atoms with E-state index in [0.29, 0.717) is 19.4 Å². The SMILES string of the molecule is CCOC(=O)CN1C(=O)CCCN(C(=O)OC(C)(C)C)C1C. The number of carbonyl (C=O) groups is 3. The van der Waals surface area contributed by atoms with E-state index in [2.05, 4.69) is 0 Å². The van der Waals surface area contributed by atoms with Crippen molar-refractivity contribution in [3.05, 3.63) is 0 Å². The topological polar surface area (TPSA) is 76.2 Å². The average Bonchev–Trinajstić information content (AvgIpc) is 2.50. The Morgan fingerprint density at radius 3 is 2.50 bits per heavy atom. The van der Waals surface area contributed by atoms with Gasteiger partial charge in [0.1, 0.15) is 18.3 Å². The van der Waals surface area contributed by atoms with Crippen molar-refractivity contribution < 1.29 is 23.9 Å². The number of carbonyl (C=O) groups excluding carboxylic acids is 3. The van der Waals surface area contributed by atoms with Gasteiger partial charge in [0.2, 0.25) is 5.91 Å². The van der Waals surface area contributed by atoms with Crippen LogP contribution < -0.4 is 0 Å². The highest BCUT2D eigenvalue weighted by molar-refractivity contribution is 5.83. The van der Waals surface area contributed by atoms with Crippen LogP contribution in [0.1, 0.15) is 47.5 Å². The Balaban J connectivity index is 2.85. The van der Waals surface area contributed by atoms with E-state index in [0.717, 1.165) is 0 Å². The molecule has 0 saturated carbocycles. The monoisotopic (exact) mass is 314 g/mol. The summed E-state index contributed by atoms with van der Waals surface area (Å²) in [5, 5.41) is 0. The Morgan fingerprint density at radius 1 is 1.32 bits per heavy atom. The van der Waals surface area contributed by atoms with Crippen molar-refractivity contribution >= 4 is 18.0 Å². The van der Waals surface area contributed by atoms with Gasteiger partial charge in [-0.2, -0.15) is 0 Å². The first-order valence-corrected chi connectivity index (χ1v) is 7.60. The van der Waals surface area contributed by atoms with Gasteiger partial charge in [-0.1, -0.05) is 0 Å². The van der Waals surface area contributed by atoms with E-state index in [9.17, 15) is 14.4 Å². The third-order valence-electron chi connectivity index (χ3n) is 3.24. The first-order valence-electron chi connectivity index (χ1n) is 7.60. The zero-order valence-corrected chi connectivity index (χ0v) is 14.0. The Bertz CT molecular complexity index is 430. The predicted octanol–water partition coefficient (Wildman–Crippen LogP) is 1.75. The molecule has 0 aliphatic carbocycles. The fraction of sp³-hybridized carbons (Fsp3) is 0.800. The summed E-state index contributed by atoms with van der Waals surface area (Å²) in [6.07, 6.45) is -0.192. The second-order valence-electron chi connectivity index (χ2n) is 6.24. The fourth-order valence-corrected chi connectivity index (χ4v) is 2.24. The summed E-state index contributed by atoms with van der Waals surface area (Å²) in [6.45, 7) is 9.29. The molecule has 1 rings (SSSR count). The van der Waals surface area contributed by atoms with Crippen LogP contribution in [-0.2, 0) is 19.1 Å². The minimum absolute atomic E-state index is 0.160. The molecular formula is C15H26N2O5. The molecule has 7 heteroatoms. The van der Waals surface area contributed by atoms with Crippen molar-refractivity contribution in [2.75, 3.05) is 19.7 Å². The maximum absolute atomic E-state index is 12.3. The van der Waals surface area contributed by atoms with Gasteiger partial charge in [0.25, 0.3) is 0 Å². The van der Waals surface area contributed by atoms with Gasteiger partial charge < -0.3 is 14.4 Å². The van der Waals surface area contributed by atoms with Gasteiger partial charge in [-0.25, -0.2) is 4.79 Å². The Labute approximate surface area is 131 Å². The van der Waals surface area contributed by atoms with E-state index in [-0.39, 0.29) is 19.1 Å². The van der Waals surface area contributed by atoms with Crippen LogP contribution in [0, 0.1) is 0 Å². The van der Waals surface area contributed by atoms with Gasteiger partial charge >= 0.3 is 12.1 Å². The zero-order valence-electron chi connectivity index (χ0n) is 14.0. The van der Waals surface area contributed by atoms with Crippen molar-refractivity contribution in [1.82, 2.24) is 9.80 Å². The minimum atomic E-state index is -0.612. The Hall–Kier alpha value is -1.79. The quantitative estimate of drug-likeness (QED) is 0.742. The molecule has 0 aromatic carbocycles. The molecule has 1 heterocycles. The second kappa shape index (κ2) is 7.47. The fourth-order valence-electron chi connectivity index (χ4n) is 2.24. The summed E-state index contributed by atoms with van der Waals surface area (Å²) in [4.78, 5) is 39.0. The molecule has 22 heavy (non-hydrogen) atoms. The molecule has 1 aliphatic rings. The number of hydrogen-bond acceptors (Lipinski definition) is 5. The number of hydrogen-bond donors (Lipinski definition) is 0. The summed E-state index contributed by atoms with van der Waals surface area (Å²) in [5.74, 6) is -0.639. The molecule has 126 valence electrons. The molecule has 2 amide bonds. The summed E-state index contributed by atoms with van der Waals surface area (Å²) in [7, 11) is 0. The molecule has 1 atom stereocenters.